The zero-order valence-corrected chi connectivity index (χ0v) is 16.1. The number of aromatic nitrogens is 3. The van der Waals surface area contributed by atoms with Gasteiger partial charge in [0.15, 0.2) is 0 Å². The van der Waals surface area contributed by atoms with E-state index in [0.717, 1.165) is 37.0 Å². The average molecular weight is 407 g/mol. The van der Waals surface area contributed by atoms with Crippen LogP contribution in [0.25, 0.3) is 11.0 Å². The highest BCUT2D eigenvalue weighted by molar-refractivity contribution is 6.35. The van der Waals surface area contributed by atoms with Gasteiger partial charge >= 0.3 is 0 Å². The second kappa shape index (κ2) is 8.12. The number of nitrogens with one attached hydrogen (secondary N) is 2. The van der Waals surface area contributed by atoms with Crippen molar-refractivity contribution in [3.05, 3.63) is 47.5 Å². The van der Waals surface area contributed by atoms with E-state index in [2.05, 4.69) is 25.2 Å². The van der Waals surface area contributed by atoms with Gasteiger partial charge in [-0.25, -0.2) is 4.98 Å². The topological polar surface area (TPSA) is 99.9 Å². The molecule has 142 valence electrons. The molecule has 0 bridgehead atoms. The van der Waals surface area contributed by atoms with Crippen molar-refractivity contribution in [1.82, 2.24) is 15.0 Å². The molecular weight excluding hydrogens is 387 g/mol. The monoisotopic (exact) mass is 406 g/mol. The summed E-state index contributed by atoms with van der Waals surface area (Å²) in [6, 6.07) is 3.55. The first-order valence-corrected chi connectivity index (χ1v) is 8.89. The lowest BCUT2D eigenvalue weighted by Crippen LogP contribution is -2.43. The van der Waals surface area contributed by atoms with Crippen molar-refractivity contribution in [1.29, 1.82) is 0 Å². The third-order valence-electron chi connectivity index (χ3n) is 4.58. The molecule has 27 heavy (non-hydrogen) atoms. The number of fused-ring (bicyclic) bond motifs is 1. The molecular formula is C18H20Cl2N6O. The molecule has 4 rings (SSSR count). The highest BCUT2D eigenvalue weighted by Crippen LogP contribution is 2.38. The van der Waals surface area contributed by atoms with Gasteiger partial charge in [-0.1, -0.05) is 11.6 Å². The van der Waals surface area contributed by atoms with Gasteiger partial charge in [-0.05, 0) is 25.0 Å². The van der Waals surface area contributed by atoms with Crippen LogP contribution >= 0.6 is 24.0 Å². The third kappa shape index (κ3) is 3.85. The van der Waals surface area contributed by atoms with E-state index in [0.29, 0.717) is 21.9 Å². The van der Waals surface area contributed by atoms with E-state index >= 15 is 0 Å². The van der Waals surface area contributed by atoms with E-state index in [1.54, 1.807) is 30.7 Å². The van der Waals surface area contributed by atoms with Gasteiger partial charge in [-0.2, -0.15) is 0 Å². The molecule has 1 fully saturated rings. The number of pyridine rings is 2. The largest absolute Gasteiger partial charge is 0.368 e. The molecule has 0 aromatic carbocycles. The number of hydrogen-bond donors (Lipinski definition) is 3. The van der Waals surface area contributed by atoms with Crippen LogP contribution in [-0.4, -0.2) is 40.0 Å². The van der Waals surface area contributed by atoms with Gasteiger partial charge in [0, 0.05) is 37.7 Å². The van der Waals surface area contributed by atoms with Crippen LogP contribution in [-0.2, 0) is 0 Å². The van der Waals surface area contributed by atoms with E-state index in [9.17, 15) is 4.79 Å². The lowest BCUT2D eigenvalue weighted by molar-refractivity contribution is 0.102. The Kier molecular flexibility index (Phi) is 5.84. The highest BCUT2D eigenvalue weighted by Gasteiger charge is 2.24. The van der Waals surface area contributed by atoms with Crippen LogP contribution in [0.4, 0.5) is 11.4 Å². The number of amides is 1. The highest BCUT2D eigenvalue weighted by atomic mass is 35.5. The summed E-state index contributed by atoms with van der Waals surface area (Å²) in [5.41, 5.74) is 8.79. The molecule has 1 aliphatic heterocycles. The summed E-state index contributed by atoms with van der Waals surface area (Å²) in [4.78, 5) is 26.1. The number of carbonyl (C=O) groups excluding carboxylic acids is 1. The smallest absolute Gasteiger partial charge is 0.257 e. The minimum Gasteiger partial charge on any atom is -0.368 e. The van der Waals surface area contributed by atoms with Crippen molar-refractivity contribution in [2.45, 2.75) is 18.9 Å². The van der Waals surface area contributed by atoms with Gasteiger partial charge in [0.25, 0.3) is 5.91 Å². The maximum absolute atomic E-state index is 12.5. The molecule has 3 aromatic heterocycles. The number of anilines is 2. The SMILES string of the molecule is Cl.NC1CCCN(c2c(Cl)cnc3[nH]cc(NC(=O)c4cccnc4)c23)C1. The molecule has 4 heterocycles. The van der Waals surface area contributed by atoms with Crippen molar-refractivity contribution in [3.8, 4) is 0 Å². The zero-order chi connectivity index (χ0) is 18.1. The van der Waals surface area contributed by atoms with Crippen LogP contribution < -0.4 is 16.0 Å². The molecule has 0 aliphatic carbocycles. The van der Waals surface area contributed by atoms with Crippen molar-refractivity contribution < 1.29 is 4.79 Å². The van der Waals surface area contributed by atoms with Crippen molar-refractivity contribution in [2.24, 2.45) is 5.73 Å². The second-order valence-corrected chi connectivity index (χ2v) is 6.83. The van der Waals surface area contributed by atoms with Crippen molar-refractivity contribution in [2.75, 3.05) is 23.3 Å². The van der Waals surface area contributed by atoms with Crippen molar-refractivity contribution >= 4 is 52.3 Å². The minimum atomic E-state index is -0.236. The number of rotatable bonds is 3. The second-order valence-electron chi connectivity index (χ2n) is 6.42. The van der Waals surface area contributed by atoms with E-state index < -0.39 is 0 Å². The Morgan fingerprint density at radius 1 is 1.41 bits per heavy atom. The Morgan fingerprint density at radius 2 is 2.26 bits per heavy atom. The number of aromatic amines is 1. The Labute approximate surface area is 167 Å². The molecule has 1 saturated heterocycles. The molecule has 1 aliphatic rings. The predicted octanol–water partition coefficient (Wildman–Crippen LogP) is 3.21. The standard InChI is InChI=1S/C18H19ClN6O.ClH/c19-13-8-22-17-15(16(13)25-6-2-4-12(20)10-25)14(9-23-17)24-18(26)11-3-1-5-21-7-11;/h1,3,5,7-9,12H,2,4,6,10,20H2,(H,22,23)(H,24,26);1H. The molecule has 1 atom stereocenters. The molecule has 7 nitrogen and oxygen atoms in total. The van der Waals surface area contributed by atoms with E-state index in [1.807, 2.05) is 0 Å². The Bertz CT molecular complexity index is 946. The molecule has 4 N–H and O–H groups in total. The number of halogens is 2. The fraction of sp³-hybridized carbons (Fsp3) is 0.278. The fourth-order valence-corrected chi connectivity index (χ4v) is 3.63. The predicted molar refractivity (Wildman–Crippen MR) is 110 cm³/mol. The summed E-state index contributed by atoms with van der Waals surface area (Å²) in [6.45, 7) is 1.59. The summed E-state index contributed by atoms with van der Waals surface area (Å²) >= 11 is 6.49. The van der Waals surface area contributed by atoms with Crippen LogP contribution in [0.2, 0.25) is 5.02 Å². The van der Waals surface area contributed by atoms with E-state index in [-0.39, 0.29) is 24.4 Å². The van der Waals surface area contributed by atoms with Gasteiger partial charge in [0.2, 0.25) is 0 Å². The summed E-state index contributed by atoms with van der Waals surface area (Å²) in [7, 11) is 0. The van der Waals surface area contributed by atoms with Gasteiger partial charge < -0.3 is 20.9 Å². The summed E-state index contributed by atoms with van der Waals surface area (Å²) in [5.74, 6) is -0.236. The molecule has 3 aromatic rings. The third-order valence-corrected chi connectivity index (χ3v) is 4.85. The quantitative estimate of drug-likeness (QED) is 0.619. The number of piperidine rings is 1. The van der Waals surface area contributed by atoms with Gasteiger partial charge in [-0.3, -0.25) is 9.78 Å². The fourth-order valence-electron chi connectivity index (χ4n) is 3.37. The maximum atomic E-state index is 12.5. The average Bonchev–Trinajstić information content (AvgIpc) is 3.05. The number of nitrogens with zero attached hydrogens (tertiary/aromatic N) is 3. The normalized spacial score (nSPS) is 16.8. The van der Waals surface area contributed by atoms with Gasteiger partial charge in [0.1, 0.15) is 5.65 Å². The zero-order valence-electron chi connectivity index (χ0n) is 14.5. The Balaban J connectivity index is 0.00000210. The first-order valence-electron chi connectivity index (χ1n) is 8.51. The summed E-state index contributed by atoms with van der Waals surface area (Å²) in [5, 5.41) is 4.27. The first-order chi connectivity index (χ1) is 12.6. The van der Waals surface area contributed by atoms with Crippen LogP contribution in [0.3, 0.4) is 0 Å². The Hall–Kier alpha value is -2.35. The van der Waals surface area contributed by atoms with Gasteiger partial charge in [0.05, 0.1) is 33.5 Å². The summed E-state index contributed by atoms with van der Waals surface area (Å²) < 4.78 is 0. The molecule has 1 amide bonds. The number of carbonyl (C=O) groups is 1. The minimum absolute atomic E-state index is 0. The van der Waals surface area contributed by atoms with Crippen LogP contribution in [0.5, 0.6) is 0 Å². The van der Waals surface area contributed by atoms with Crippen molar-refractivity contribution in [3.63, 3.8) is 0 Å². The molecule has 0 saturated carbocycles. The number of hydrogen-bond acceptors (Lipinski definition) is 5. The van der Waals surface area contributed by atoms with E-state index in [4.69, 9.17) is 17.3 Å². The Morgan fingerprint density at radius 3 is 3.00 bits per heavy atom. The maximum Gasteiger partial charge on any atom is 0.257 e. The van der Waals surface area contributed by atoms with E-state index in [1.165, 1.54) is 6.20 Å². The number of H-pyrrole nitrogens is 1. The van der Waals surface area contributed by atoms with Gasteiger partial charge in [-0.15, -0.1) is 12.4 Å². The molecule has 0 spiro atoms. The molecule has 9 heteroatoms. The molecule has 1 unspecified atom stereocenters. The van der Waals surface area contributed by atoms with Crippen LogP contribution in [0.15, 0.2) is 36.9 Å². The first kappa shape index (κ1) is 19.4. The van der Waals surface area contributed by atoms with Crippen LogP contribution in [0.1, 0.15) is 23.2 Å². The summed E-state index contributed by atoms with van der Waals surface area (Å²) in [6.07, 6.45) is 8.52. The van der Waals surface area contributed by atoms with Crippen LogP contribution in [0, 0.1) is 0 Å². The lowest BCUT2D eigenvalue weighted by Gasteiger charge is -2.33. The lowest BCUT2D eigenvalue weighted by atomic mass is 10.1. The molecule has 0 radical (unpaired) electrons. The number of nitrogens with two attached hydrogens (primary N) is 1.